The Kier molecular flexibility index (Phi) is 3.14. The van der Waals surface area contributed by atoms with Crippen molar-refractivity contribution >= 4 is 23.4 Å². The first kappa shape index (κ1) is 9.10. The molecule has 0 saturated carbocycles. The molecule has 0 bridgehead atoms. The predicted molar refractivity (Wildman–Crippen MR) is 54.0 cm³/mol. The number of rotatable bonds is 2. The van der Waals surface area contributed by atoms with E-state index in [1.807, 2.05) is 18.2 Å². The van der Waals surface area contributed by atoms with Crippen molar-refractivity contribution in [3.8, 4) is 0 Å². The van der Waals surface area contributed by atoms with Crippen LogP contribution in [0.4, 0.5) is 5.69 Å². The van der Waals surface area contributed by atoms with Crippen LogP contribution in [0.5, 0.6) is 0 Å². The highest BCUT2D eigenvalue weighted by Gasteiger charge is 1.95. The highest BCUT2D eigenvalue weighted by Crippen LogP contribution is 2.19. The van der Waals surface area contributed by atoms with Crippen molar-refractivity contribution in [3.05, 3.63) is 34.9 Å². The first-order chi connectivity index (χ1) is 5.74. The molecule has 1 aromatic rings. The molecule has 0 spiro atoms. The maximum Gasteiger partial charge on any atom is 0.0479 e. The largest absolute Gasteiger partial charge is 0.399 e. The Morgan fingerprint density at radius 2 is 2.17 bits per heavy atom. The number of halogens is 1. The van der Waals surface area contributed by atoms with Crippen molar-refractivity contribution in [1.82, 2.24) is 0 Å². The average molecular weight is 183 g/mol. The molecule has 0 heterocycles. The average Bonchev–Trinajstić information content (AvgIpc) is 2.07. The van der Waals surface area contributed by atoms with Gasteiger partial charge in [0.05, 0.1) is 0 Å². The predicted octanol–water partition coefficient (Wildman–Crippen LogP) is 1.89. The number of hydrogen-bond acceptors (Lipinski definition) is 2. The number of nitrogens with two attached hydrogens (primary N) is 2. The number of nitrogen functional groups attached to an aromatic ring is 1. The monoisotopic (exact) mass is 182 g/mol. The van der Waals surface area contributed by atoms with E-state index in [0.717, 1.165) is 5.56 Å². The molecule has 12 heavy (non-hydrogen) atoms. The molecule has 0 aromatic heterocycles. The Labute approximate surface area is 76.8 Å². The van der Waals surface area contributed by atoms with Crippen LogP contribution in [0, 0.1) is 0 Å². The summed E-state index contributed by atoms with van der Waals surface area (Å²) in [6.45, 7) is 0.505. The Balaban J connectivity index is 2.97. The number of anilines is 1. The lowest BCUT2D eigenvalue weighted by molar-refractivity contribution is 1.26. The summed E-state index contributed by atoms with van der Waals surface area (Å²) in [6, 6.07) is 5.35. The van der Waals surface area contributed by atoms with Crippen LogP contribution in [-0.2, 0) is 0 Å². The minimum Gasteiger partial charge on any atom is -0.399 e. The molecule has 0 saturated heterocycles. The molecule has 3 heteroatoms. The molecule has 0 aliphatic carbocycles. The zero-order valence-electron chi connectivity index (χ0n) is 6.63. The van der Waals surface area contributed by atoms with Gasteiger partial charge < -0.3 is 11.5 Å². The van der Waals surface area contributed by atoms with Crippen molar-refractivity contribution in [2.24, 2.45) is 5.73 Å². The summed E-state index contributed by atoms with van der Waals surface area (Å²) in [4.78, 5) is 0. The molecule has 4 N–H and O–H groups in total. The molecule has 0 radical (unpaired) electrons. The van der Waals surface area contributed by atoms with Gasteiger partial charge in [-0.05, 0) is 23.8 Å². The van der Waals surface area contributed by atoms with Gasteiger partial charge in [-0.3, -0.25) is 0 Å². The molecule has 0 aliphatic rings. The van der Waals surface area contributed by atoms with Gasteiger partial charge in [0.1, 0.15) is 0 Å². The minimum atomic E-state index is 0.505. The fraction of sp³-hybridized carbons (Fsp3) is 0.111. The van der Waals surface area contributed by atoms with E-state index in [2.05, 4.69) is 0 Å². The van der Waals surface area contributed by atoms with Crippen LogP contribution in [0.15, 0.2) is 24.3 Å². The third-order valence-corrected chi connectivity index (χ3v) is 1.80. The van der Waals surface area contributed by atoms with Gasteiger partial charge in [-0.15, -0.1) is 0 Å². The second kappa shape index (κ2) is 4.14. The molecule has 1 rings (SSSR count). The van der Waals surface area contributed by atoms with E-state index in [1.54, 1.807) is 12.1 Å². The van der Waals surface area contributed by atoms with Gasteiger partial charge >= 0.3 is 0 Å². The Hall–Kier alpha value is -0.990. The molecular formula is C9H11ClN2. The van der Waals surface area contributed by atoms with Crippen molar-refractivity contribution in [1.29, 1.82) is 0 Å². The standard InChI is InChI=1S/C9H11ClN2/c10-9-4-3-8(12)6-7(9)2-1-5-11/h1-4,6H,5,11-12H2. The van der Waals surface area contributed by atoms with Crippen LogP contribution < -0.4 is 11.5 Å². The molecule has 0 atom stereocenters. The van der Waals surface area contributed by atoms with Gasteiger partial charge in [0.25, 0.3) is 0 Å². The van der Waals surface area contributed by atoms with Crippen LogP contribution in [0.25, 0.3) is 6.08 Å². The van der Waals surface area contributed by atoms with E-state index < -0.39 is 0 Å². The van der Waals surface area contributed by atoms with Crippen LogP contribution in [-0.4, -0.2) is 6.54 Å². The zero-order valence-corrected chi connectivity index (χ0v) is 7.38. The van der Waals surface area contributed by atoms with Crippen LogP contribution in [0.3, 0.4) is 0 Å². The summed E-state index contributed by atoms with van der Waals surface area (Å²) in [6.07, 6.45) is 3.69. The van der Waals surface area contributed by atoms with Crippen LogP contribution in [0.2, 0.25) is 5.02 Å². The summed E-state index contributed by atoms with van der Waals surface area (Å²) in [7, 11) is 0. The van der Waals surface area contributed by atoms with Crippen LogP contribution >= 0.6 is 11.6 Å². The fourth-order valence-electron chi connectivity index (χ4n) is 0.885. The second-order valence-electron chi connectivity index (χ2n) is 2.42. The van der Waals surface area contributed by atoms with Gasteiger partial charge in [-0.1, -0.05) is 23.8 Å². The number of benzene rings is 1. The van der Waals surface area contributed by atoms with E-state index in [0.29, 0.717) is 17.3 Å². The van der Waals surface area contributed by atoms with Gasteiger partial charge in [0, 0.05) is 17.3 Å². The van der Waals surface area contributed by atoms with E-state index in [4.69, 9.17) is 23.1 Å². The highest BCUT2D eigenvalue weighted by molar-refractivity contribution is 6.32. The topological polar surface area (TPSA) is 52.0 Å². The molecule has 0 amide bonds. The molecule has 2 nitrogen and oxygen atoms in total. The normalized spacial score (nSPS) is 10.8. The Bertz CT molecular complexity index is 295. The smallest absolute Gasteiger partial charge is 0.0479 e. The number of hydrogen-bond donors (Lipinski definition) is 2. The molecule has 0 unspecified atom stereocenters. The molecule has 64 valence electrons. The zero-order chi connectivity index (χ0) is 8.97. The first-order valence-corrected chi connectivity index (χ1v) is 4.03. The van der Waals surface area contributed by atoms with Crippen LogP contribution in [0.1, 0.15) is 5.56 Å². The third-order valence-electron chi connectivity index (χ3n) is 1.45. The van der Waals surface area contributed by atoms with Crippen molar-refractivity contribution in [2.75, 3.05) is 12.3 Å². The summed E-state index contributed by atoms with van der Waals surface area (Å²) in [5.74, 6) is 0. The van der Waals surface area contributed by atoms with E-state index in [9.17, 15) is 0 Å². The molecule has 1 aromatic carbocycles. The summed E-state index contributed by atoms with van der Waals surface area (Å²) in [5.41, 5.74) is 12.5. The van der Waals surface area contributed by atoms with Gasteiger partial charge in [0.2, 0.25) is 0 Å². The van der Waals surface area contributed by atoms with Crippen molar-refractivity contribution in [2.45, 2.75) is 0 Å². The lowest BCUT2D eigenvalue weighted by Gasteiger charge is -1.98. The lowest BCUT2D eigenvalue weighted by atomic mass is 10.2. The molecular weight excluding hydrogens is 172 g/mol. The SMILES string of the molecule is NCC=Cc1cc(N)ccc1Cl. The van der Waals surface area contributed by atoms with E-state index in [-0.39, 0.29) is 0 Å². The maximum atomic E-state index is 5.88. The van der Waals surface area contributed by atoms with Crippen molar-refractivity contribution < 1.29 is 0 Å². The molecule has 0 fully saturated rings. The summed E-state index contributed by atoms with van der Waals surface area (Å²) < 4.78 is 0. The minimum absolute atomic E-state index is 0.505. The molecule has 0 aliphatic heterocycles. The van der Waals surface area contributed by atoms with Gasteiger partial charge in [-0.25, -0.2) is 0 Å². The summed E-state index contributed by atoms with van der Waals surface area (Å²) >= 11 is 5.88. The summed E-state index contributed by atoms with van der Waals surface area (Å²) in [5, 5.41) is 0.689. The van der Waals surface area contributed by atoms with Crippen molar-refractivity contribution in [3.63, 3.8) is 0 Å². The highest BCUT2D eigenvalue weighted by atomic mass is 35.5. The maximum absolute atomic E-state index is 5.88. The van der Waals surface area contributed by atoms with Gasteiger partial charge in [0.15, 0.2) is 0 Å². The lowest BCUT2D eigenvalue weighted by Crippen LogP contribution is -1.92. The fourth-order valence-corrected chi connectivity index (χ4v) is 1.07. The third kappa shape index (κ3) is 2.26. The second-order valence-corrected chi connectivity index (χ2v) is 2.83. The first-order valence-electron chi connectivity index (χ1n) is 3.65. The van der Waals surface area contributed by atoms with Gasteiger partial charge in [-0.2, -0.15) is 0 Å². The Morgan fingerprint density at radius 3 is 2.83 bits per heavy atom. The van der Waals surface area contributed by atoms with E-state index in [1.165, 1.54) is 0 Å². The quantitative estimate of drug-likeness (QED) is 0.687. The van der Waals surface area contributed by atoms with E-state index >= 15 is 0 Å². The Morgan fingerprint density at radius 1 is 1.42 bits per heavy atom.